The van der Waals surface area contributed by atoms with Crippen LogP contribution in [0.5, 0.6) is 0 Å². The van der Waals surface area contributed by atoms with Gasteiger partial charge in [0.2, 0.25) is 0 Å². The molecule has 3 heterocycles. The summed E-state index contributed by atoms with van der Waals surface area (Å²) in [6.07, 6.45) is -0.821. The van der Waals surface area contributed by atoms with Crippen molar-refractivity contribution in [3.05, 3.63) is 64.2 Å². The summed E-state index contributed by atoms with van der Waals surface area (Å²) in [7, 11) is 0. The van der Waals surface area contributed by atoms with Crippen molar-refractivity contribution in [1.29, 1.82) is 0 Å². The summed E-state index contributed by atoms with van der Waals surface area (Å²) >= 11 is 6.43. The van der Waals surface area contributed by atoms with Gasteiger partial charge in [-0.3, -0.25) is 0 Å². The van der Waals surface area contributed by atoms with Crippen molar-refractivity contribution in [1.82, 2.24) is 29.5 Å². The molecule has 1 aliphatic rings. The van der Waals surface area contributed by atoms with Crippen LogP contribution in [0.4, 0.5) is 24.8 Å². The molecule has 3 aromatic heterocycles. The smallest absolute Gasteiger partial charge is 0.384 e. The van der Waals surface area contributed by atoms with E-state index in [1.165, 1.54) is 23.1 Å². The van der Waals surface area contributed by atoms with Gasteiger partial charge < -0.3 is 10.4 Å². The molecule has 0 bridgehead atoms. The van der Waals surface area contributed by atoms with Crippen LogP contribution in [0.2, 0.25) is 5.02 Å². The number of rotatable bonds is 7. The maximum Gasteiger partial charge on any atom is 0.416 e. The van der Waals surface area contributed by atoms with Gasteiger partial charge in [-0.2, -0.15) is 23.4 Å². The molecule has 2 N–H and O–H groups in total. The Morgan fingerprint density at radius 1 is 1.08 bits per heavy atom. The second kappa shape index (κ2) is 9.39. The molecule has 38 heavy (non-hydrogen) atoms. The normalized spacial score (nSPS) is 14.2. The Kier molecular flexibility index (Phi) is 6.47. The van der Waals surface area contributed by atoms with Crippen LogP contribution in [0.1, 0.15) is 49.2 Å². The minimum Gasteiger partial charge on any atom is -0.384 e. The van der Waals surface area contributed by atoms with Crippen LogP contribution in [0.25, 0.3) is 17.1 Å². The first-order valence-corrected chi connectivity index (χ1v) is 12.5. The molecule has 4 aromatic rings. The molecular weight excluding hydrogens is 519 g/mol. The lowest BCUT2D eigenvalue weighted by Crippen LogP contribution is -2.22. The monoisotopic (exact) mass is 545 g/mol. The van der Waals surface area contributed by atoms with Crippen molar-refractivity contribution in [3.8, 4) is 17.1 Å². The second-order valence-electron chi connectivity index (χ2n) is 10.1. The summed E-state index contributed by atoms with van der Waals surface area (Å²) < 4.78 is 42.5. The fraction of sp³-hybridized carbons (Fsp3) is 0.385. The van der Waals surface area contributed by atoms with E-state index in [1.807, 2.05) is 11.6 Å². The number of aromatic nitrogens is 6. The third kappa shape index (κ3) is 5.12. The second-order valence-corrected chi connectivity index (χ2v) is 10.5. The van der Waals surface area contributed by atoms with Gasteiger partial charge in [0.25, 0.3) is 0 Å². The number of halogens is 4. The summed E-state index contributed by atoms with van der Waals surface area (Å²) in [6, 6.07) is 6.69. The zero-order chi connectivity index (χ0) is 27.4. The molecular formula is C26H27ClF3N7O. The number of aliphatic hydroxyl groups is 1. The van der Waals surface area contributed by atoms with Crippen molar-refractivity contribution in [3.63, 3.8) is 0 Å². The average Bonchev–Trinajstić information content (AvgIpc) is 3.54. The van der Waals surface area contributed by atoms with Crippen LogP contribution in [-0.4, -0.2) is 34.6 Å². The Balaban J connectivity index is 1.52. The van der Waals surface area contributed by atoms with Crippen LogP contribution in [0.3, 0.4) is 0 Å². The number of hydrogen-bond donors (Lipinski definition) is 2. The highest BCUT2D eigenvalue weighted by molar-refractivity contribution is 6.32. The largest absolute Gasteiger partial charge is 0.416 e. The molecule has 1 aromatic carbocycles. The Bertz CT molecular complexity index is 1480. The first-order valence-electron chi connectivity index (χ1n) is 12.2. The molecule has 0 amide bonds. The van der Waals surface area contributed by atoms with Gasteiger partial charge in [0.15, 0.2) is 5.82 Å². The topological polar surface area (TPSA) is 93.7 Å². The van der Waals surface area contributed by atoms with Gasteiger partial charge in [-0.15, -0.1) is 0 Å². The van der Waals surface area contributed by atoms with Crippen molar-refractivity contribution >= 4 is 23.2 Å². The SMILES string of the molecule is Cc1nn(-c2cc(Nc3c(C)c(-c4ccc(C(F)(F)F)cc4)nn3CC3CC3)ncn2)c(C(C)(C)O)c1Cl. The van der Waals surface area contributed by atoms with Gasteiger partial charge in [-0.05, 0) is 58.6 Å². The van der Waals surface area contributed by atoms with Crippen molar-refractivity contribution < 1.29 is 18.3 Å². The number of nitrogens with zero attached hydrogens (tertiary/aromatic N) is 6. The maximum absolute atomic E-state index is 13.1. The van der Waals surface area contributed by atoms with Gasteiger partial charge >= 0.3 is 6.18 Å². The summed E-state index contributed by atoms with van der Waals surface area (Å²) in [5, 5.41) is 23.6. The minimum atomic E-state index is -4.40. The highest BCUT2D eigenvalue weighted by atomic mass is 35.5. The highest BCUT2D eigenvalue weighted by Gasteiger charge is 2.31. The van der Waals surface area contributed by atoms with E-state index in [0.717, 1.165) is 30.5 Å². The number of benzene rings is 1. The number of aryl methyl sites for hydroxylation is 1. The van der Waals surface area contributed by atoms with E-state index in [4.69, 9.17) is 16.7 Å². The molecule has 1 fully saturated rings. The molecule has 0 radical (unpaired) electrons. The summed E-state index contributed by atoms with van der Waals surface area (Å²) in [4.78, 5) is 8.68. The van der Waals surface area contributed by atoms with Crippen LogP contribution < -0.4 is 5.32 Å². The predicted octanol–water partition coefficient (Wildman–Crippen LogP) is 6.20. The quantitative estimate of drug-likeness (QED) is 0.287. The maximum atomic E-state index is 13.1. The van der Waals surface area contributed by atoms with E-state index in [0.29, 0.717) is 57.6 Å². The Labute approximate surface area is 222 Å². The molecule has 0 atom stereocenters. The Morgan fingerprint density at radius 3 is 2.37 bits per heavy atom. The number of nitrogens with one attached hydrogen (secondary N) is 1. The average molecular weight is 546 g/mol. The van der Waals surface area contributed by atoms with Crippen molar-refractivity contribution in [2.75, 3.05) is 5.32 Å². The third-order valence-corrected chi connectivity index (χ3v) is 6.94. The van der Waals surface area contributed by atoms with Gasteiger partial charge in [-0.25, -0.2) is 19.3 Å². The molecule has 1 aliphatic carbocycles. The van der Waals surface area contributed by atoms with E-state index in [2.05, 4.69) is 20.4 Å². The minimum absolute atomic E-state index is 0.352. The number of anilines is 2. The summed E-state index contributed by atoms with van der Waals surface area (Å²) in [5.74, 6) is 2.05. The van der Waals surface area contributed by atoms with E-state index >= 15 is 0 Å². The molecule has 8 nitrogen and oxygen atoms in total. The first-order chi connectivity index (χ1) is 17.8. The number of alkyl halides is 3. The molecule has 0 unspecified atom stereocenters. The van der Waals surface area contributed by atoms with Gasteiger partial charge in [0.05, 0.1) is 27.7 Å². The highest BCUT2D eigenvalue weighted by Crippen LogP contribution is 2.37. The van der Waals surface area contributed by atoms with Crippen molar-refractivity contribution in [2.45, 2.75) is 58.9 Å². The lowest BCUT2D eigenvalue weighted by molar-refractivity contribution is -0.137. The van der Waals surface area contributed by atoms with Crippen LogP contribution >= 0.6 is 11.6 Å². The molecule has 1 saturated carbocycles. The lowest BCUT2D eigenvalue weighted by Gasteiger charge is -2.19. The van der Waals surface area contributed by atoms with Crippen molar-refractivity contribution in [2.24, 2.45) is 5.92 Å². The first kappa shape index (κ1) is 26.2. The molecule has 0 saturated heterocycles. The molecule has 200 valence electrons. The molecule has 0 aliphatic heterocycles. The molecule has 5 rings (SSSR count). The Hall–Kier alpha value is -3.44. The van der Waals surface area contributed by atoms with E-state index in [1.54, 1.807) is 26.8 Å². The summed E-state index contributed by atoms with van der Waals surface area (Å²) in [5.41, 5.74) is 0.941. The fourth-order valence-corrected chi connectivity index (χ4v) is 4.68. The fourth-order valence-electron chi connectivity index (χ4n) is 4.33. The Morgan fingerprint density at radius 2 is 1.76 bits per heavy atom. The van der Waals surface area contributed by atoms with E-state index < -0.39 is 17.3 Å². The van der Waals surface area contributed by atoms with E-state index in [9.17, 15) is 18.3 Å². The van der Waals surface area contributed by atoms with Crippen LogP contribution in [-0.2, 0) is 18.3 Å². The third-order valence-electron chi connectivity index (χ3n) is 6.49. The molecule has 0 spiro atoms. The number of hydrogen-bond acceptors (Lipinski definition) is 6. The van der Waals surface area contributed by atoms with Crippen LogP contribution in [0, 0.1) is 19.8 Å². The summed E-state index contributed by atoms with van der Waals surface area (Å²) in [6.45, 7) is 7.54. The predicted molar refractivity (Wildman–Crippen MR) is 138 cm³/mol. The molecule has 12 heteroatoms. The van der Waals surface area contributed by atoms with Gasteiger partial charge in [0, 0.05) is 23.7 Å². The standard InChI is InChI=1S/C26H27ClF3N7O/c1-14-22(17-7-9-18(10-8-17)26(28,29)30)35-36(12-16-5-6-16)24(14)33-19-11-20(32-13-31-19)37-23(25(3,4)38)21(27)15(2)34-37/h7-11,13,16,38H,5-6,12H2,1-4H3,(H,31,32,33). The van der Waals surface area contributed by atoms with Crippen LogP contribution in [0.15, 0.2) is 36.7 Å². The van der Waals surface area contributed by atoms with E-state index in [-0.39, 0.29) is 0 Å². The zero-order valence-electron chi connectivity index (χ0n) is 21.3. The zero-order valence-corrected chi connectivity index (χ0v) is 22.1. The van der Waals surface area contributed by atoms with Gasteiger partial charge in [-0.1, -0.05) is 23.7 Å². The lowest BCUT2D eigenvalue weighted by atomic mass is 10.1. The van der Waals surface area contributed by atoms with Gasteiger partial charge in [0.1, 0.15) is 23.6 Å².